The van der Waals surface area contributed by atoms with Crippen molar-refractivity contribution in [3.05, 3.63) is 23.7 Å². The normalized spacial score (nSPS) is 24.0. The van der Waals surface area contributed by atoms with Gasteiger partial charge >= 0.3 is 0 Å². The predicted molar refractivity (Wildman–Crippen MR) is 71.1 cm³/mol. The topological polar surface area (TPSA) is 27.7 Å². The lowest BCUT2D eigenvalue weighted by Gasteiger charge is -2.25. The number of ether oxygens (including phenoxy) is 3. The lowest BCUT2D eigenvalue weighted by Crippen LogP contribution is -2.21. The Hall–Kier alpha value is -0.960. The smallest absolute Gasteiger partial charge is 0.121 e. The summed E-state index contributed by atoms with van der Waals surface area (Å²) in [6, 6.07) is 0. The third-order valence-corrected chi connectivity index (χ3v) is 2.72. The molecule has 2 rings (SSSR count). The Kier molecular flexibility index (Phi) is 4.33. The van der Waals surface area contributed by atoms with E-state index in [9.17, 15) is 0 Å². The van der Waals surface area contributed by atoms with Gasteiger partial charge in [-0.15, -0.1) is 0 Å². The molecule has 1 unspecified atom stereocenters. The van der Waals surface area contributed by atoms with Gasteiger partial charge in [0.25, 0.3) is 0 Å². The molecule has 0 saturated heterocycles. The number of allylic oxidation sites excluding steroid dienone is 1. The zero-order chi connectivity index (χ0) is 13.1. The molecule has 1 fully saturated rings. The zero-order valence-electron chi connectivity index (χ0n) is 11.8. The molecule has 3 nitrogen and oxygen atoms in total. The highest BCUT2D eigenvalue weighted by Crippen LogP contribution is 2.31. The van der Waals surface area contributed by atoms with E-state index in [1.165, 1.54) is 12.8 Å². The Morgan fingerprint density at radius 1 is 1.11 bits per heavy atom. The lowest BCUT2D eigenvalue weighted by molar-refractivity contribution is 0.0189. The van der Waals surface area contributed by atoms with E-state index in [2.05, 4.69) is 19.9 Å². The summed E-state index contributed by atoms with van der Waals surface area (Å²) < 4.78 is 17.5. The minimum atomic E-state index is 0.0671. The van der Waals surface area contributed by atoms with E-state index in [1.807, 2.05) is 19.9 Å². The molecule has 0 amide bonds. The zero-order valence-corrected chi connectivity index (χ0v) is 11.8. The minimum absolute atomic E-state index is 0.0671. The first-order chi connectivity index (χ1) is 8.52. The summed E-state index contributed by atoms with van der Waals surface area (Å²) in [7, 11) is 0. The molecule has 0 aromatic carbocycles. The molecule has 3 heteroatoms. The van der Waals surface area contributed by atoms with Crippen LogP contribution in [0.15, 0.2) is 23.7 Å². The van der Waals surface area contributed by atoms with Crippen LogP contribution >= 0.6 is 0 Å². The quantitative estimate of drug-likeness (QED) is 0.723. The first-order valence-electron chi connectivity index (χ1n) is 6.94. The van der Waals surface area contributed by atoms with E-state index < -0.39 is 0 Å². The van der Waals surface area contributed by atoms with Gasteiger partial charge in [-0.3, -0.25) is 0 Å². The average molecular weight is 252 g/mol. The third-order valence-electron chi connectivity index (χ3n) is 2.72. The van der Waals surface area contributed by atoms with E-state index in [-0.39, 0.29) is 18.3 Å². The van der Waals surface area contributed by atoms with Gasteiger partial charge in [0.05, 0.1) is 24.4 Å². The summed E-state index contributed by atoms with van der Waals surface area (Å²) in [5, 5.41) is 0. The maximum atomic E-state index is 5.89. The first kappa shape index (κ1) is 13.5. The summed E-state index contributed by atoms with van der Waals surface area (Å²) in [5.74, 6) is 1.87. The van der Waals surface area contributed by atoms with Crippen molar-refractivity contribution in [2.75, 3.05) is 0 Å². The Morgan fingerprint density at radius 3 is 2.39 bits per heavy atom. The van der Waals surface area contributed by atoms with E-state index in [0.29, 0.717) is 6.10 Å². The van der Waals surface area contributed by atoms with Crippen molar-refractivity contribution in [2.24, 2.45) is 0 Å². The fourth-order valence-corrected chi connectivity index (χ4v) is 1.97. The van der Waals surface area contributed by atoms with Crippen molar-refractivity contribution < 1.29 is 14.2 Å². The van der Waals surface area contributed by atoms with E-state index in [1.54, 1.807) is 0 Å². The molecule has 18 heavy (non-hydrogen) atoms. The maximum Gasteiger partial charge on any atom is 0.121 e. The highest BCUT2D eigenvalue weighted by atomic mass is 16.5. The molecule has 0 N–H and O–H groups in total. The van der Waals surface area contributed by atoms with Gasteiger partial charge in [-0.25, -0.2) is 0 Å². The largest absolute Gasteiger partial charge is 0.495 e. The van der Waals surface area contributed by atoms with Gasteiger partial charge in [0.2, 0.25) is 0 Å². The van der Waals surface area contributed by atoms with Crippen LogP contribution in [0.5, 0.6) is 0 Å². The SMILES string of the molecule is CC(C)OC1=CC(OC(C)C)CC(OC2CC2)=C1. The fourth-order valence-electron chi connectivity index (χ4n) is 1.97. The fraction of sp³-hybridized carbons (Fsp3) is 0.733. The lowest BCUT2D eigenvalue weighted by atomic mass is 10.1. The molecule has 1 saturated carbocycles. The molecule has 0 aromatic heterocycles. The second-order valence-electron chi connectivity index (χ2n) is 5.59. The first-order valence-corrected chi connectivity index (χ1v) is 6.94. The van der Waals surface area contributed by atoms with Crippen molar-refractivity contribution >= 4 is 0 Å². The van der Waals surface area contributed by atoms with Crippen molar-refractivity contribution in [1.29, 1.82) is 0 Å². The molecule has 0 bridgehead atoms. The molecule has 0 radical (unpaired) electrons. The van der Waals surface area contributed by atoms with Crippen LogP contribution in [0.4, 0.5) is 0 Å². The number of hydrogen-bond acceptors (Lipinski definition) is 3. The van der Waals surface area contributed by atoms with Crippen molar-refractivity contribution in [2.45, 2.75) is 71.4 Å². The van der Waals surface area contributed by atoms with E-state index in [0.717, 1.165) is 17.9 Å². The molecular formula is C15H24O3. The van der Waals surface area contributed by atoms with Gasteiger partial charge in [0, 0.05) is 12.5 Å². The summed E-state index contributed by atoms with van der Waals surface area (Å²) in [4.78, 5) is 0. The Bertz CT molecular complexity index is 338. The van der Waals surface area contributed by atoms with Gasteiger partial charge in [0.15, 0.2) is 0 Å². The van der Waals surface area contributed by atoms with E-state index >= 15 is 0 Å². The van der Waals surface area contributed by atoms with Crippen LogP contribution in [-0.2, 0) is 14.2 Å². The molecule has 1 atom stereocenters. The molecule has 0 aliphatic heterocycles. The molecule has 2 aliphatic rings. The summed E-state index contributed by atoms with van der Waals surface area (Å²) >= 11 is 0. The second-order valence-corrected chi connectivity index (χ2v) is 5.59. The van der Waals surface area contributed by atoms with Crippen molar-refractivity contribution in [3.63, 3.8) is 0 Å². The monoisotopic (exact) mass is 252 g/mol. The summed E-state index contributed by atoms with van der Waals surface area (Å²) in [6.07, 6.45) is 8.12. The van der Waals surface area contributed by atoms with Crippen molar-refractivity contribution in [1.82, 2.24) is 0 Å². The van der Waals surface area contributed by atoms with Crippen LogP contribution in [-0.4, -0.2) is 24.4 Å². The number of rotatable bonds is 6. The van der Waals surface area contributed by atoms with Gasteiger partial charge in [0.1, 0.15) is 11.5 Å². The molecule has 0 aromatic rings. The van der Waals surface area contributed by atoms with Gasteiger partial charge in [-0.05, 0) is 46.6 Å². The van der Waals surface area contributed by atoms with Crippen molar-refractivity contribution in [3.8, 4) is 0 Å². The highest BCUT2D eigenvalue weighted by molar-refractivity contribution is 5.24. The Morgan fingerprint density at radius 2 is 1.83 bits per heavy atom. The van der Waals surface area contributed by atoms with Gasteiger partial charge in [-0.1, -0.05) is 0 Å². The third kappa shape index (κ3) is 4.37. The van der Waals surface area contributed by atoms with Crippen LogP contribution in [0.3, 0.4) is 0 Å². The molecular weight excluding hydrogens is 228 g/mol. The van der Waals surface area contributed by atoms with Crippen LogP contribution in [0.2, 0.25) is 0 Å². The molecule has 0 spiro atoms. The predicted octanol–water partition coefficient (Wildman–Crippen LogP) is 3.56. The second kappa shape index (κ2) is 5.79. The highest BCUT2D eigenvalue weighted by Gasteiger charge is 2.27. The molecule has 0 heterocycles. The number of hydrogen-bond donors (Lipinski definition) is 0. The van der Waals surface area contributed by atoms with Crippen LogP contribution < -0.4 is 0 Å². The average Bonchev–Trinajstić information content (AvgIpc) is 2.98. The van der Waals surface area contributed by atoms with Crippen LogP contribution in [0, 0.1) is 0 Å². The standard InChI is InChI=1S/C15H24O3/c1-10(2)16-13-7-14(17-11(3)4)9-15(8-13)18-12-5-6-12/h7-8,10-12,14H,5-6,9H2,1-4H3. The minimum Gasteiger partial charge on any atom is -0.495 e. The maximum absolute atomic E-state index is 5.89. The summed E-state index contributed by atoms with van der Waals surface area (Å²) in [5.41, 5.74) is 0. The Balaban J connectivity index is 2.01. The van der Waals surface area contributed by atoms with Crippen LogP contribution in [0.1, 0.15) is 47.0 Å². The van der Waals surface area contributed by atoms with Crippen LogP contribution in [0.25, 0.3) is 0 Å². The molecule has 102 valence electrons. The van der Waals surface area contributed by atoms with E-state index in [4.69, 9.17) is 14.2 Å². The van der Waals surface area contributed by atoms with Gasteiger partial charge in [-0.2, -0.15) is 0 Å². The Labute approximate surface area is 110 Å². The summed E-state index contributed by atoms with van der Waals surface area (Å²) in [6.45, 7) is 8.17. The van der Waals surface area contributed by atoms with Gasteiger partial charge < -0.3 is 14.2 Å². The molecule has 2 aliphatic carbocycles.